The van der Waals surface area contributed by atoms with Crippen LogP contribution in [-0.4, -0.2) is 49.6 Å². The molecule has 4 nitrogen and oxygen atoms in total. The molecule has 106 valence electrons. The zero-order valence-electron chi connectivity index (χ0n) is 12.4. The van der Waals surface area contributed by atoms with Crippen LogP contribution in [-0.2, 0) is 4.79 Å². The Balaban J connectivity index is 2.35. The fraction of sp³-hybridized carbons (Fsp3) is 0.929. The molecule has 4 heteroatoms. The van der Waals surface area contributed by atoms with Crippen LogP contribution < -0.4 is 10.6 Å². The summed E-state index contributed by atoms with van der Waals surface area (Å²) in [7, 11) is 0. The van der Waals surface area contributed by atoms with Gasteiger partial charge >= 0.3 is 0 Å². The summed E-state index contributed by atoms with van der Waals surface area (Å²) in [5, 5.41) is 6.41. The lowest BCUT2D eigenvalue weighted by molar-refractivity contribution is -0.126. The van der Waals surface area contributed by atoms with Crippen LogP contribution in [0.3, 0.4) is 0 Å². The molecule has 0 aromatic heterocycles. The van der Waals surface area contributed by atoms with E-state index in [-0.39, 0.29) is 17.4 Å². The topological polar surface area (TPSA) is 44.4 Å². The fourth-order valence-electron chi connectivity index (χ4n) is 2.47. The van der Waals surface area contributed by atoms with E-state index in [2.05, 4.69) is 36.3 Å². The van der Waals surface area contributed by atoms with E-state index in [1.807, 2.05) is 6.92 Å². The number of hydrogen-bond donors (Lipinski definition) is 2. The van der Waals surface area contributed by atoms with Crippen molar-refractivity contribution < 1.29 is 4.79 Å². The zero-order chi connectivity index (χ0) is 13.6. The highest BCUT2D eigenvalue weighted by Gasteiger charge is 2.24. The van der Waals surface area contributed by atoms with Crippen molar-refractivity contribution in [3.8, 4) is 0 Å². The molecule has 1 heterocycles. The molecule has 0 spiro atoms. The van der Waals surface area contributed by atoms with Crippen molar-refractivity contribution in [1.82, 2.24) is 15.5 Å². The predicted octanol–water partition coefficient (Wildman–Crippen LogP) is 1.22. The normalized spacial score (nSPS) is 19.6. The molecule has 18 heavy (non-hydrogen) atoms. The highest BCUT2D eigenvalue weighted by Crippen LogP contribution is 2.20. The maximum absolute atomic E-state index is 12.1. The van der Waals surface area contributed by atoms with Crippen LogP contribution in [0.1, 0.15) is 40.5 Å². The Morgan fingerprint density at radius 1 is 1.39 bits per heavy atom. The van der Waals surface area contributed by atoms with Gasteiger partial charge < -0.3 is 10.6 Å². The van der Waals surface area contributed by atoms with Crippen LogP contribution in [0, 0.1) is 5.41 Å². The SMILES string of the molecule is CCCC(C)(C)CNC(=O)C(C)N1CCNCC1. The first-order chi connectivity index (χ1) is 8.46. The molecule has 1 unspecified atom stereocenters. The molecule has 1 amide bonds. The number of hydrogen-bond acceptors (Lipinski definition) is 3. The van der Waals surface area contributed by atoms with E-state index in [0.29, 0.717) is 0 Å². The van der Waals surface area contributed by atoms with Gasteiger partial charge in [0.15, 0.2) is 0 Å². The third-order valence-corrected chi connectivity index (χ3v) is 3.75. The van der Waals surface area contributed by atoms with Crippen molar-refractivity contribution in [2.24, 2.45) is 5.41 Å². The van der Waals surface area contributed by atoms with Gasteiger partial charge in [-0.25, -0.2) is 0 Å². The van der Waals surface area contributed by atoms with Crippen LogP contribution in [0.4, 0.5) is 0 Å². The highest BCUT2D eigenvalue weighted by molar-refractivity contribution is 5.81. The molecule has 0 aromatic rings. The molecule has 0 saturated carbocycles. The smallest absolute Gasteiger partial charge is 0.237 e. The Labute approximate surface area is 111 Å². The summed E-state index contributed by atoms with van der Waals surface area (Å²) in [5.74, 6) is 0.168. The Morgan fingerprint density at radius 2 is 2.00 bits per heavy atom. The first kappa shape index (κ1) is 15.4. The lowest BCUT2D eigenvalue weighted by atomic mass is 9.88. The van der Waals surface area contributed by atoms with E-state index in [1.165, 1.54) is 0 Å². The summed E-state index contributed by atoms with van der Waals surface area (Å²) in [4.78, 5) is 14.4. The van der Waals surface area contributed by atoms with Crippen LogP contribution in [0.25, 0.3) is 0 Å². The molecule has 0 aromatic carbocycles. The highest BCUT2D eigenvalue weighted by atomic mass is 16.2. The summed E-state index contributed by atoms with van der Waals surface area (Å²) >= 11 is 0. The quantitative estimate of drug-likeness (QED) is 0.750. The molecule has 1 fully saturated rings. The average Bonchev–Trinajstić information content (AvgIpc) is 2.36. The van der Waals surface area contributed by atoms with Gasteiger partial charge in [-0.1, -0.05) is 27.2 Å². The van der Waals surface area contributed by atoms with Gasteiger partial charge in [-0.3, -0.25) is 9.69 Å². The number of piperazine rings is 1. The summed E-state index contributed by atoms with van der Waals surface area (Å²) in [6, 6.07) is -0.00970. The molecular weight excluding hydrogens is 226 g/mol. The Kier molecular flexibility index (Phi) is 6.09. The average molecular weight is 255 g/mol. The second-order valence-electron chi connectivity index (χ2n) is 6.09. The number of carbonyl (C=O) groups excluding carboxylic acids is 1. The Bertz CT molecular complexity index is 260. The summed E-state index contributed by atoms with van der Waals surface area (Å²) in [5.41, 5.74) is 0.202. The minimum atomic E-state index is -0.00970. The van der Waals surface area contributed by atoms with Crippen LogP contribution in [0.2, 0.25) is 0 Å². The molecule has 1 rings (SSSR count). The lowest BCUT2D eigenvalue weighted by Crippen LogP contribution is -2.53. The van der Waals surface area contributed by atoms with Crippen molar-refractivity contribution in [2.45, 2.75) is 46.6 Å². The van der Waals surface area contributed by atoms with Crippen molar-refractivity contribution in [3.63, 3.8) is 0 Å². The number of carbonyl (C=O) groups is 1. The first-order valence-electron chi connectivity index (χ1n) is 7.19. The van der Waals surface area contributed by atoms with Crippen molar-refractivity contribution in [3.05, 3.63) is 0 Å². The largest absolute Gasteiger partial charge is 0.354 e. The molecule has 0 aliphatic carbocycles. The van der Waals surface area contributed by atoms with Gasteiger partial charge in [0.2, 0.25) is 5.91 Å². The fourth-order valence-corrected chi connectivity index (χ4v) is 2.47. The van der Waals surface area contributed by atoms with E-state index in [9.17, 15) is 4.79 Å². The molecule has 1 aliphatic heterocycles. The molecule has 1 saturated heterocycles. The van der Waals surface area contributed by atoms with E-state index in [0.717, 1.165) is 45.6 Å². The monoisotopic (exact) mass is 255 g/mol. The van der Waals surface area contributed by atoms with Crippen LogP contribution in [0.5, 0.6) is 0 Å². The first-order valence-corrected chi connectivity index (χ1v) is 7.19. The standard InChI is InChI=1S/C14H29N3O/c1-5-6-14(3,4)11-16-13(18)12(2)17-9-7-15-8-10-17/h12,15H,5-11H2,1-4H3,(H,16,18). The van der Waals surface area contributed by atoms with Gasteiger partial charge in [0.25, 0.3) is 0 Å². The summed E-state index contributed by atoms with van der Waals surface area (Å²) < 4.78 is 0. The van der Waals surface area contributed by atoms with Crippen LogP contribution >= 0.6 is 0 Å². The maximum atomic E-state index is 12.1. The van der Waals surface area contributed by atoms with E-state index in [4.69, 9.17) is 0 Å². The van der Waals surface area contributed by atoms with Gasteiger partial charge in [-0.05, 0) is 18.8 Å². The van der Waals surface area contributed by atoms with Crippen molar-refractivity contribution in [2.75, 3.05) is 32.7 Å². The minimum Gasteiger partial charge on any atom is -0.354 e. The maximum Gasteiger partial charge on any atom is 0.237 e. The molecule has 1 aliphatic rings. The minimum absolute atomic E-state index is 0.00970. The van der Waals surface area contributed by atoms with Crippen molar-refractivity contribution >= 4 is 5.91 Å². The zero-order valence-corrected chi connectivity index (χ0v) is 12.4. The second kappa shape index (κ2) is 7.10. The Hall–Kier alpha value is -0.610. The second-order valence-corrected chi connectivity index (χ2v) is 6.09. The third-order valence-electron chi connectivity index (χ3n) is 3.75. The number of nitrogens with zero attached hydrogens (tertiary/aromatic N) is 1. The van der Waals surface area contributed by atoms with Gasteiger partial charge in [-0.2, -0.15) is 0 Å². The molecule has 0 radical (unpaired) electrons. The number of rotatable bonds is 6. The predicted molar refractivity (Wildman–Crippen MR) is 75.6 cm³/mol. The third kappa shape index (κ3) is 4.94. The number of nitrogens with one attached hydrogen (secondary N) is 2. The molecule has 2 N–H and O–H groups in total. The lowest BCUT2D eigenvalue weighted by Gasteiger charge is -2.33. The summed E-state index contributed by atoms with van der Waals surface area (Å²) in [6.07, 6.45) is 2.31. The van der Waals surface area contributed by atoms with E-state index >= 15 is 0 Å². The van der Waals surface area contributed by atoms with Crippen LogP contribution in [0.15, 0.2) is 0 Å². The van der Waals surface area contributed by atoms with Gasteiger partial charge in [0.05, 0.1) is 6.04 Å². The molecular formula is C14H29N3O. The van der Waals surface area contributed by atoms with Gasteiger partial charge in [-0.15, -0.1) is 0 Å². The number of amides is 1. The van der Waals surface area contributed by atoms with E-state index in [1.54, 1.807) is 0 Å². The molecule has 1 atom stereocenters. The Morgan fingerprint density at radius 3 is 2.56 bits per heavy atom. The van der Waals surface area contributed by atoms with Gasteiger partial charge in [0, 0.05) is 32.7 Å². The van der Waals surface area contributed by atoms with E-state index < -0.39 is 0 Å². The molecule has 0 bridgehead atoms. The van der Waals surface area contributed by atoms with Gasteiger partial charge in [0.1, 0.15) is 0 Å². The van der Waals surface area contributed by atoms with Crippen molar-refractivity contribution in [1.29, 1.82) is 0 Å². The summed E-state index contributed by atoms with van der Waals surface area (Å²) in [6.45, 7) is 13.3.